The third-order valence-electron chi connectivity index (χ3n) is 9.90. The second-order valence-corrected chi connectivity index (χ2v) is 16.2. The molecule has 0 aliphatic rings. The lowest BCUT2D eigenvalue weighted by Gasteiger charge is -2.17. The van der Waals surface area contributed by atoms with E-state index in [1.807, 2.05) is 43.3 Å². The number of rotatable bonds is 28. The molecular formula is C48H64N2O8. The third kappa shape index (κ3) is 18.4. The molecule has 314 valence electrons. The Labute approximate surface area is 345 Å². The Morgan fingerprint density at radius 2 is 1.38 bits per heavy atom. The molecule has 1 aromatic heterocycles. The number of aryl methyl sites for hydroxylation is 3. The summed E-state index contributed by atoms with van der Waals surface area (Å²) in [6.45, 7) is 13.3. The summed E-state index contributed by atoms with van der Waals surface area (Å²) >= 11 is 0. The summed E-state index contributed by atoms with van der Waals surface area (Å²) in [7, 11) is 0. The highest BCUT2D eigenvalue weighted by molar-refractivity contribution is 5.89. The number of carboxylic acid groups (broad SMARTS) is 1. The summed E-state index contributed by atoms with van der Waals surface area (Å²) in [5.74, 6) is -1.86. The fourth-order valence-corrected chi connectivity index (χ4v) is 6.60. The van der Waals surface area contributed by atoms with Crippen molar-refractivity contribution in [2.75, 3.05) is 59.4 Å². The highest BCUT2D eigenvalue weighted by Crippen LogP contribution is 2.31. The number of benzene rings is 3. The van der Waals surface area contributed by atoms with Crippen molar-refractivity contribution in [2.24, 2.45) is 5.41 Å². The van der Waals surface area contributed by atoms with Gasteiger partial charge in [0.2, 0.25) is 5.91 Å². The Hall–Kier alpha value is -4.48. The molecule has 0 radical (unpaired) electrons. The van der Waals surface area contributed by atoms with Crippen LogP contribution in [0.3, 0.4) is 0 Å². The number of pyridine rings is 1. The average molecular weight is 797 g/mol. The summed E-state index contributed by atoms with van der Waals surface area (Å²) in [5.41, 5.74) is 6.44. The van der Waals surface area contributed by atoms with E-state index in [0.29, 0.717) is 59.1 Å². The Kier molecular flexibility index (Phi) is 20.0. The molecule has 1 atom stereocenters. The summed E-state index contributed by atoms with van der Waals surface area (Å²) in [4.78, 5) is 41.6. The molecule has 0 unspecified atom stereocenters. The van der Waals surface area contributed by atoms with Crippen molar-refractivity contribution in [1.29, 1.82) is 0 Å². The van der Waals surface area contributed by atoms with Crippen LogP contribution in [0.2, 0.25) is 0 Å². The molecular weight excluding hydrogens is 733 g/mol. The van der Waals surface area contributed by atoms with Crippen LogP contribution >= 0.6 is 0 Å². The van der Waals surface area contributed by atoms with Crippen molar-refractivity contribution in [1.82, 2.24) is 10.3 Å². The topological polar surface area (TPSA) is 133 Å². The number of hydrogen-bond acceptors (Lipinski definition) is 8. The van der Waals surface area contributed by atoms with Gasteiger partial charge in [0.05, 0.1) is 52.6 Å². The molecule has 0 spiro atoms. The first kappa shape index (κ1) is 46.2. The largest absolute Gasteiger partial charge is 0.481 e. The number of unbranched alkanes of at least 4 members (excludes halogenated alkanes) is 1. The third-order valence-corrected chi connectivity index (χ3v) is 9.90. The Balaban J connectivity index is 1.16. The monoisotopic (exact) mass is 796 g/mol. The van der Waals surface area contributed by atoms with E-state index in [2.05, 4.69) is 67.5 Å². The molecule has 10 heteroatoms. The van der Waals surface area contributed by atoms with Crippen LogP contribution in [0.4, 0.5) is 0 Å². The number of carboxylic acids is 1. The van der Waals surface area contributed by atoms with Gasteiger partial charge in [0.25, 0.3) is 0 Å². The average Bonchev–Trinajstić information content (AvgIpc) is 3.19. The van der Waals surface area contributed by atoms with Gasteiger partial charge < -0.3 is 29.4 Å². The lowest BCUT2D eigenvalue weighted by atomic mass is 9.88. The Morgan fingerprint density at radius 3 is 2.09 bits per heavy atom. The van der Waals surface area contributed by atoms with Crippen LogP contribution in [-0.2, 0) is 46.2 Å². The molecule has 2 N–H and O–H groups in total. The molecule has 4 aromatic rings. The summed E-state index contributed by atoms with van der Waals surface area (Å²) in [6.07, 6.45) is 7.14. The first-order valence-corrected chi connectivity index (χ1v) is 20.8. The number of Topliss-reactive ketones (excluding diaryl/α,β-unsaturated/α-hetero) is 1. The molecule has 0 aliphatic carbocycles. The molecule has 1 amide bonds. The second kappa shape index (κ2) is 25.1. The molecule has 0 fully saturated rings. The predicted octanol–water partition coefficient (Wildman–Crippen LogP) is 8.69. The summed E-state index contributed by atoms with van der Waals surface area (Å²) in [5, 5.41) is 14.7. The lowest BCUT2D eigenvalue weighted by molar-refractivity contribution is -0.137. The van der Waals surface area contributed by atoms with Crippen LogP contribution in [0.5, 0.6) is 0 Å². The van der Waals surface area contributed by atoms with Crippen molar-refractivity contribution >= 4 is 28.4 Å². The van der Waals surface area contributed by atoms with Gasteiger partial charge in [0, 0.05) is 43.9 Å². The van der Waals surface area contributed by atoms with E-state index in [-0.39, 0.29) is 36.5 Å². The molecule has 3 aromatic carbocycles. The van der Waals surface area contributed by atoms with Crippen LogP contribution < -0.4 is 5.32 Å². The number of nitrogens with zero attached hydrogens (tertiary/aromatic N) is 1. The van der Waals surface area contributed by atoms with E-state index in [4.69, 9.17) is 18.9 Å². The van der Waals surface area contributed by atoms with Crippen LogP contribution in [0.15, 0.2) is 79.0 Å². The molecule has 10 nitrogen and oxygen atoms in total. The van der Waals surface area contributed by atoms with Crippen LogP contribution in [0.25, 0.3) is 21.9 Å². The van der Waals surface area contributed by atoms with Crippen molar-refractivity contribution in [3.05, 3.63) is 101 Å². The van der Waals surface area contributed by atoms with Gasteiger partial charge in [-0.05, 0) is 108 Å². The van der Waals surface area contributed by atoms with Crippen molar-refractivity contribution in [3.8, 4) is 11.1 Å². The maximum atomic E-state index is 13.0. The van der Waals surface area contributed by atoms with Gasteiger partial charge >= 0.3 is 5.97 Å². The van der Waals surface area contributed by atoms with Gasteiger partial charge in [-0.15, -0.1) is 0 Å². The normalized spacial score (nSPS) is 12.1. The minimum absolute atomic E-state index is 0.0265. The molecule has 4 rings (SSSR count). The fraction of sp³-hybridized carbons (Fsp3) is 0.500. The van der Waals surface area contributed by atoms with Crippen molar-refractivity contribution < 1.29 is 38.4 Å². The minimum Gasteiger partial charge on any atom is -0.481 e. The zero-order valence-corrected chi connectivity index (χ0v) is 35.1. The van der Waals surface area contributed by atoms with Gasteiger partial charge in [-0.25, -0.2) is 0 Å². The van der Waals surface area contributed by atoms with E-state index >= 15 is 0 Å². The van der Waals surface area contributed by atoms with E-state index in [9.17, 15) is 19.5 Å². The quantitative estimate of drug-likeness (QED) is 0.0542. The standard InChI is InChI=1S/C48H64N2O8/c1-36-18-20-49-44(29-36)12-5-6-13-46(52)50-35-45(51)33-43(34-47(53)54)39-11-7-10-38(31-39)42-17-16-40-30-37(14-15-41(40)32-42)9-8-21-55-23-25-57-27-28-58-26-24-56-22-19-48(2,3)4/h7,10-11,14-18,20,29-32,43H,5-6,8-9,12-13,19,21-28,33-35H2,1-4H3,(H,50,52)(H,53,54)/t43-/m0/s1. The van der Waals surface area contributed by atoms with Gasteiger partial charge in [-0.1, -0.05) is 75.4 Å². The van der Waals surface area contributed by atoms with Gasteiger partial charge in [0.15, 0.2) is 5.78 Å². The van der Waals surface area contributed by atoms with E-state index in [1.54, 1.807) is 6.20 Å². The van der Waals surface area contributed by atoms with Crippen LogP contribution in [0.1, 0.15) is 94.0 Å². The Morgan fingerprint density at radius 1 is 0.707 bits per heavy atom. The van der Waals surface area contributed by atoms with Gasteiger partial charge in [-0.2, -0.15) is 0 Å². The minimum atomic E-state index is -0.974. The number of ketones is 1. The predicted molar refractivity (Wildman–Crippen MR) is 229 cm³/mol. The zero-order chi connectivity index (χ0) is 41.6. The van der Waals surface area contributed by atoms with Gasteiger partial charge in [0.1, 0.15) is 0 Å². The van der Waals surface area contributed by atoms with Crippen molar-refractivity contribution in [2.45, 2.75) is 91.4 Å². The number of amides is 1. The summed E-state index contributed by atoms with van der Waals surface area (Å²) < 4.78 is 22.5. The Bertz CT molecular complexity index is 1870. The SMILES string of the molecule is Cc1ccnc(CCCCC(=O)NCC(=O)C[C@@H](CC(=O)O)c2cccc(-c3ccc4cc(CCCOCCOCCOCCOCCC(C)(C)C)ccc4c3)c2)c1. The number of aliphatic carboxylic acids is 1. The van der Waals surface area contributed by atoms with E-state index in [1.165, 1.54) is 5.56 Å². The lowest BCUT2D eigenvalue weighted by Crippen LogP contribution is -2.30. The summed E-state index contributed by atoms with van der Waals surface area (Å²) in [6, 6.07) is 24.6. The number of carbonyl (C=O) groups is 3. The highest BCUT2D eigenvalue weighted by atomic mass is 16.6. The van der Waals surface area contributed by atoms with Gasteiger partial charge in [-0.3, -0.25) is 19.4 Å². The molecule has 0 saturated carbocycles. The maximum Gasteiger partial charge on any atom is 0.303 e. The first-order valence-electron chi connectivity index (χ1n) is 20.8. The molecule has 0 saturated heterocycles. The number of hydrogen-bond donors (Lipinski definition) is 2. The number of aromatic nitrogens is 1. The van der Waals surface area contributed by atoms with Crippen LogP contribution in [-0.4, -0.2) is 87.2 Å². The van der Waals surface area contributed by atoms with Crippen molar-refractivity contribution in [3.63, 3.8) is 0 Å². The number of carbonyl (C=O) groups excluding carboxylic acids is 2. The number of ether oxygens (including phenoxy) is 4. The molecule has 0 aliphatic heterocycles. The smallest absolute Gasteiger partial charge is 0.303 e. The molecule has 0 bridgehead atoms. The number of fused-ring (bicyclic) bond motifs is 1. The first-order chi connectivity index (χ1) is 27.9. The second-order valence-electron chi connectivity index (χ2n) is 16.2. The maximum absolute atomic E-state index is 13.0. The highest BCUT2D eigenvalue weighted by Gasteiger charge is 2.20. The van der Waals surface area contributed by atoms with Crippen LogP contribution in [0, 0.1) is 12.3 Å². The zero-order valence-electron chi connectivity index (χ0n) is 35.1. The number of nitrogens with one attached hydrogen (secondary N) is 1. The molecule has 1 heterocycles. The van der Waals surface area contributed by atoms with E-state index in [0.717, 1.165) is 77.4 Å². The molecule has 58 heavy (non-hydrogen) atoms. The fourth-order valence-electron chi connectivity index (χ4n) is 6.60. The van der Waals surface area contributed by atoms with E-state index < -0.39 is 11.9 Å².